The first-order chi connectivity index (χ1) is 5.61. The quantitative estimate of drug-likeness (QED) is 0.718. The fraction of sp³-hybridized carbons (Fsp3) is 0.500. The summed E-state index contributed by atoms with van der Waals surface area (Å²) >= 11 is -1.36. The summed E-state index contributed by atoms with van der Waals surface area (Å²) in [5, 5.41) is 3.68. The molecule has 1 heterocycles. The Balaban J connectivity index is 2.63. The molecule has 6 heteroatoms. The molecule has 0 aliphatic heterocycles. The van der Waals surface area contributed by atoms with Gasteiger partial charge in [0.1, 0.15) is 0 Å². The highest BCUT2D eigenvalue weighted by Gasteiger charge is 2.07. The summed E-state index contributed by atoms with van der Waals surface area (Å²) in [5.41, 5.74) is 4.03. The van der Waals surface area contributed by atoms with Gasteiger partial charge in [0.25, 0.3) is 5.88 Å². The van der Waals surface area contributed by atoms with Crippen molar-refractivity contribution < 1.29 is 13.0 Å². The van der Waals surface area contributed by atoms with Crippen molar-refractivity contribution in [1.29, 1.82) is 0 Å². The van der Waals surface area contributed by atoms with E-state index in [9.17, 15) is 4.21 Å². The molecule has 0 amide bonds. The van der Waals surface area contributed by atoms with Crippen LogP contribution in [0.5, 0.6) is 0 Å². The Bertz CT molecular complexity index is 297. The van der Waals surface area contributed by atoms with Crippen LogP contribution >= 0.6 is 0 Å². The van der Waals surface area contributed by atoms with Crippen LogP contribution in [0.1, 0.15) is 11.3 Å². The van der Waals surface area contributed by atoms with E-state index in [1.165, 1.54) is 6.26 Å². The van der Waals surface area contributed by atoms with Gasteiger partial charge >= 0.3 is 0 Å². The molecule has 0 saturated carbocycles. The second kappa shape index (κ2) is 3.68. The molecule has 0 aliphatic carbocycles. The van der Waals surface area contributed by atoms with Crippen LogP contribution in [0.3, 0.4) is 0 Å². The van der Waals surface area contributed by atoms with Crippen molar-refractivity contribution in [2.75, 3.05) is 11.7 Å². The molecular weight excluding hydrogens is 180 g/mol. The molecule has 1 N–H and O–H groups in total. The highest BCUT2D eigenvalue weighted by Crippen LogP contribution is 2.16. The van der Waals surface area contributed by atoms with Crippen molar-refractivity contribution in [3.63, 3.8) is 0 Å². The van der Waals surface area contributed by atoms with E-state index in [0.717, 1.165) is 11.3 Å². The van der Waals surface area contributed by atoms with E-state index in [2.05, 4.69) is 14.9 Å². The molecule has 1 aromatic rings. The van der Waals surface area contributed by atoms with Gasteiger partial charge in [0.05, 0.1) is 5.69 Å². The molecule has 1 unspecified atom stereocenters. The van der Waals surface area contributed by atoms with Gasteiger partial charge in [-0.1, -0.05) is 5.16 Å². The molecule has 1 rings (SSSR count). The molecule has 5 nitrogen and oxygen atoms in total. The highest BCUT2D eigenvalue weighted by molar-refractivity contribution is 7.79. The lowest BCUT2D eigenvalue weighted by Crippen LogP contribution is -2.02. The van der Waals surface area contributed by atoms with Gasteiger partial charge in [-0.3, -0.25) is 0 Å². The van der Waals surface area contributed by atoms with Gasteiger partial charge in [0.15, 0.2) is 11.1 Å². The maximum atomic E-state index is 10.5. The number of hydrogen-bond donors (Lipinski definition) is 1. The van der Waals surface area contributed by atoms with Gasteiger partial charge in [0, 0.05) is 11.8 Å². The topological polar surface area (TPSA) is 64.4 Å². The smallest absolute Gasteiger partial charge is 0.252 e. The monoisotopic (exact) mass is 190 g/mol. The number of aryl methyl sites for hydroxylation is 1. The molecule has 12 heavy (non-hydrogen) atoms. The Hall–Kier alpha value is -0.880. The first kappa shape index (κ1) is 9.21. The minimum absolute atomic E-state index is 0.391. The maximum absolute atomic E-state index is 10.5. The lowest BCUT2D eigenvalue weighted by Gasteiger charge is -1.98. The average molecular weight is 190 g/mol. The maximum Gasteiger partial charge on any atom is 0.252 e. The number of rotatable bonds is 3. The van der Waals surface area contributed by atoms with Crippen LogP contribution < -0.4 is 5.48 Å². The van der Waals surface area contributed by atoms with Gasteiger partial charge in [-0.25, -0.2) is 9.69 Å². The van der Waals surface area contributed by atoms with Crippen LogP contribution in [-0.4, -0.2) is 15.6 Å². The Labute approximate surface area is 72.7 Å². The standard InChI is InChI=1S/C6H10N2O3S/c1-4-5(2)7-10-6(4)8-11-12(3)9/h8H,1-3H3. The molecule has 1 aromatic heterocycles. The van der Waals surface area contributed by atoms with Crippen LogP contribution in [0.4, 0.5) is 5.88 Å². The number of aromatic nitrogens is 1. The zero-order chi connectivity index (χ0) is 9.14. The van der Waals surface area contributed by atoms with Crippen molar-refractivity contribution >= 4 is 17.0 Å². The van der Waals surface area contributed by atoms with E-state index < -0.39 is 11.1 Å². The van der Waals surface area contributed by atoms with E-state index in [0.29, 0.717) is 5.88 Å². The largest absolute Gasteiger partial charge is 0.336 e. The van der Waals surface area contributed by atoms with Gasteiger partial charge in [-0.2, -0.15) is 4.28 Å². The molecule has 0 radical (unpaired) electrons. The van der Waals surface area contributed by atoms with Gasteiger partial charge in [0.2, 0.25) is 0 Å². The number of anilines is 1. The lowest BCUT2D eigenvalue weighted by molar-refractivity contribution is 0.367. The Morgan fingerprint density at radius 1 is 1.58 bits per heavy atom. The predicted octanol–water partition coefficient (Wildman–Crippen LogP) is 0.928. The number of hydrogen-bond acceptors (Lipinski definition) is 5. The Morgan fingerprint density at radius 2 is 2.25 bits per heavy atom. The van der Waals surface area contributed by atoms with Crippen molar-refractivity contribution in [2.45, 2.75) is 13.8 Å². The van der Waals surface area contributed by atoms with E-state index in [-0.39, 0.29) is 0 Å². The van der Waals surface area contributed by atoms with Crippen molar-refractivity contribution in [3.8, 4) is 0 Å². The molecule has 0 spiro atoms. The Morgan fingerprint density at radius 3 is 2.67 bits per heavy atom. The van der Waals surface area contributed by atoms with Gasteiger partial charge in [-0.15, -0.1) is 0 Å². The predicted molar refractivity (Wildman–Crippen MR) is 44.8 cm³/mol. The molecule has 1 atom stereocenters. The molecule has 0 bridgehead atoms. The number of nitrogens with zero attached hydrogens (tertiary/aromatic N) is 1. The summed E-state index contributed by atoms with van der Waals surface area (Å²) < 4.78 is 19.9. The fourth-order valence-electron chi connectivity index (χ4n) is 0.607. The van der Waals surface area contributed by atoms with Crippen LogP contribution in [0, 0.1) is 13.8 Å². The molecular formula is C6H10N2O3S. The van der Waals surface area contributed by atoms with Crippen LogP contribution in [0.15, 0.2) is 4.52 Å². The molecule has 68 valence electrons. The van der Waals surface area contributed by atoms with Crippen LogP contribution in [0.25, 0.3) is 0 Å². The van der Waals surface area contributed by atoms with Crippen molar-refractivity contribution in [3.05, 3.63) is 11.3 Å². The summed E-state index contributed by atoms with van der Waals surface area (Å²) in [5.74, 6) is 0.391. The first-order valence-corrected chi connectivity index (χ1v) is 4.79. The third-order valence-electron chi connectivity index (χ3n) is 1.41. The Kier molecular flexibility index (Phi) is 2.83. The summed E-state index contributed by atoms with van der Waals surface area (Å²) in [6.45, 7) is 3.64. The third-order valence-corrected chi connectivity index (χ3v) is 1.73. The lowest BCUT2D eigenvalue weighted by atomic mass is 10.3. The summed E-state index contributed by atoms with van der Waals surface area (Å²) in [6.07, 6.45) is 1.41. The zero-order valence-electron chi connectivity index (χ0n) is 7.08. The zero-order valence-corrected chi connectivity index (χ0v) is 7.90. The van der Waals surface area contributed by atoms with Crippen LogP contribution in [-0.2, 0) is 15.4 Å². The van der Waals surface area contributed by atoms with Crippen molar-refractivity contribution in [2.24, 2.45) is 0 Å². The summed E-state index contributed by atoms with van der Waals surface area (Å²) in [7, 11) is 0. The van der Waals surface area contributed by atoms with Gasteiger partial charge < -0.3 is 4.52 Å². The molecule has 0 aromatic carbocycles. The minimum atomic E-state index is -1.36. The SMILES string of the molecule is Cc1noc(NOS(C)=O)c1C. The normalized spacial score (nSPS) is 12.9. The minimum Gasteiger partial charge on any atom is -0.336 e. The highest BCUT2D eigenvalue weighted by atomic mass is 32.2. The average Bonchev–Trinajstić information content (AvgIpc) is 2.30. The van der Waals surface area contributed by atoms with Crippen molar-refractivity contribution in [1.82, 2.24) is 5.16 Å². The summed E-state index contributed by atoms with van der Waals surface area (Å²) in [6, 6.07) is 0. The molecule has 0 saturated heterocycles. The molecule has 0 aliphatic rings. The van der Waals surface area contributed by atoms with E-state index in [1.807, 2.05) is 13.8 Å². The van der Waals surface area contributed by atoms with E-state index >= 15 is 0 Å². The third kappa shape index (κ3) is 2.05. The number of nitrogens with one attached hydrogen (secondary N) is 1. The van der Waals surface area contributed by atoms with Gasteiger partial charge in [-0.05, 0) is 13.8 Å². The first-order valence-electron chi connectivity index (χ1n) is 3.31. The van der Waals surface area contributed by atoms with Crippen LogP contribution in [0.2, 0.25) is 0 Å². The van der Waals surface area contributed by atoms with E-state index in [1.54, 1.807) is 0 Å². The second-order valence-corrected chi connectivity index (χ2v) is 3.28. The summed E-state index contributed by atoms with van der Waals surface area (Å²) in [4.78, 5) is 0. The fourth-order valence-corrected chi connectivity index (χ4v) is 0.800. The molecule has 0 fully saturated rings. The second-order valence-electron chi connectivity index (χ2n) is 2.31. The van der Waals surface area contributed by atoms with E-state index in [4.69, 9.17) is 4.52 Å².